The van der Waals surface area contributed by atoms with Crippen molar-refractivity contribution < 1.29 is 9.59 Å². The number of hydrogen-bond donors (Lipinski definition) is 1. The second-order valence-corrected chi connectivity index (χ2v) is 7.22. The maximum Gasteiger partial charge on any atom is 0.251 e. The van der Waals surface area contributed by atoms with Crippen LogP contribution in [0.15, 0.2) is 48.5 Å². The Kier molecular flexibility index (Phi) is 6.18. The van der Waals surface area contributed by atoms with Crippen LogP contribution in [0, 0.1) is 5.92 Å². The number of benzene rings is 2. The van der Waals surface area contributed by atoms with Crippen LogP contribution in [-0.4, -0.2) is 30.2 Å². The first-order chi connectivity index (χ1) is 12.6. The average molecular weight is 350 g/mol. The molecule has 1 aliphatic heterocycles. The molecule has 2 aromatic carbocycles. The predicted octanol–water partition coefficient (Wildman–Crippen LogP) is 3.66. The number of nitrogens with zero attached hydrogens (tertiary/aromatic N) is 1. The second-order valence-electron chi connectivity index (χ2n) is 7.22. The molecule has 26 heavy (non-hydrogen) atoms. The van der Waals surface area contributed by atoms with Gasteiger partial charge in [0.2, 0.25) is 0 Å². The molecule has 1 saturated heterocycles. The van der Waals surface area contributed by atoms with Crippen LogP contribution in [0.1, 0.15) is 51.6 Å². The maximum absolute atomic E-state index is 12.2. The van der Waals surface area contributed by atoms with Gasteiger partial charge < -0.3 is 5.32 Å². The van der Waals surface area contributed by atoms with Crippen molar-refractivity contribution >= 4 is 12.2 Å². The smallest absolute Gasteiger partial charge is 0.251 e. The summed E-state index contributed by atoms with van der Waals surface area (Å²) in [6, 6.07) is 15.1. The summed E-state index contributed by atoms with van der Waals surface area (Å²) in [7, 11) is 0. The molecular formula is C22H26N2O2. The molecule has 0 radical (unpaired) electrons. The number of aldehydes is 1. The first kappa shape index (κ1) is 18.3. The van der Waals surface area contributed by atoms with Gasteiger partial charge in [-0.1, -0.05) is 43.3 Å². The molecule has 4 nitrogen and oxygen atoms in total. The quantitative estimate of drug-likeness (QED) is 0.809. The number of hydrogen-bond acceptors (Lipinski definition) is 3. The fourth-order valence-corrected chi connectivity index (χ4v) is 3.45. The molecule has 1 N–H and O–H groups in total. The predicted molar refractivity (Wildman–Crippen MR) is 103 cm³/mol. The Balaban J connectivity index is 1.50. The Labute approximate surface area is 155 Å². The Morgan fingerprint density at radius 2 is 1.81 bits per heavy atom. The number of piperidine rings is 1. The fraction of sp³-hybridized carbons (Fsp3) is 0.364. The molecule has 2 aromatic rings. The molecule has 1 heterocycles. The zero-order valence-corrected chi connectivity index (χ0v) is 15.3. The molecule has 0 aromatic heterocycles. The van der Waals surface area contributed by atoms with Crippen LogP contribution in [0.2, 0.25) is 0 Å². The van der Waals surface area contributed by atoms with Crippen LogP contribution < -0.4 is 5.32 Å². The van der Waals surface area contributed by atoms with Crippen molar-refractivity contribution in [2.45, 2.75) is 32.9 Å². The lowest BCUT2D eigenvalue weighted by atomic mass is 9.99. The van der Waals surface area contributed by atoms with E-state index in [9.17, 15) is 9.59 Å². The second kappa shape index (κ2) is 8.77. The van der Waals surface area contributed by atoms with Crippen molar-refractivity contribution in [2.75, 3.05) is 13.1 Å². The van der Waals surface area contributed by atoms with Crippen molar-refractivity contribution in [3.63, 3.8) is 0 Å². The van der Waals surface area contributed by atoms with Crippen molar-refractivity contribution in [1.82, 2.24) is 10.2 Å². The van der Waals surface area contributed by atoms with E-state index in [1.165, 1.54) is 31.5 Å². The molecule has 4 heteroatoms. The molecular weight excluding hydrogens is 324 g/mol. The van der Waals surface area contributed by atoms with E-state index in [-0.39, 0.29) is 5.91 Å². The van der Waals surface area contributed by atoms with E-state index in [1.54, 1.807) is 24.3 Å². The van der Waals surface area contributed by atoms with E-state index in [0.29, 0.717) is 17.7 Å². The van der Waals surface area contributed by atoms with Crippen molar-refractivity contribution in [3.05, 3.63) is 70.8 Å². The Morgan fingerprint density at radius 1 is 1.12 bits per heavy atom. The third kappa shape index (κ3) is 5.02. The van der Waals surface area contributed by atoms with Crippen molar-refractivity contribution in [1.29, 1.82) is 0 Å². The van der Waals surface area contributed by atoms with Crippen LogP contribution >= 0.6 is 0 Å². The average Bonchev–Trinajstić information content (AvgIpc) is 2.67. The SMILES string of the molecule is CC1CCCN(Cc2ccc(CNC(=O)c3ccc(C=O)cc3)cc2)C1. The molecule has 0 bridgehead atoms. The van der Waals surface area contributed by atoms with Crippen LogP contribution in [0.25, 0.3) is 0 Å². The highest BCUT2D eigenvalue weighted by Crippen LogP contribution is 2.18. The van der Waals surface area contributed by atoms with Crippen LogP contribution in [0.3, 0.4) is 0 Å². The topological polar surface area (TPSA) is 49.4 Å². The minimum absolute atomic E-state index is 0.131. The van der Waals surface area contributed by atoms with Gasteiger partial charge in [0.1, 0.15) is 6.29 Å². The normalized spacial score (nSPS) is 17.7. The lowest BCUT2D eigenvalue weighted by Gasteiger charge is -2.30. The monoisotopic (exact) mass is 350 g/mol. The zero-order chi connectivity index (χ0) is 18.4. The number of rotatable bonds is 6. The first-order valence-corrected chi connectivity index (χ1v) is 9.27. The summed E-state index contributed by atoms with van der Waals surface area (Å²) in [6.07, 6.45) is 3.40. The minimum Gasteiger partial charge on any atom is -0.348 e. The molecule has 1 amide bonds. The number of nitrogens with one attached hydrogen (secondary N) is 1. The summed E-state index contributed by atoms with van der Waals surface area (Å²) in [5, 5.41) is 2.92. The Bertz CT molecular complexity index is 738. The fourth-order valence-electron chi connectivity index (χ4n) is 3.45. The van der Waals surface area contributed by atoms with E-state index >= 15 is 0 Å². The van der Waals surface area contributed by atoms with Gasteiger partial charge in [-0.3, -0.25) is 14.5 Å². The summed E-state index contributed by atoms with van der Waals surface area (Å²) in [4.78, 5) is 25.4. The number of amides is 1. The molecule has 0 saturated carbocycles. The standard InChI is InChI=1S/C22H26N2O2/c1-17-3-2-12-24(14-17)15-19-6-4-18(5-7-19)13-23-22(26)21-10-8-20(16-25)9-11-21/h4-11,16-17H,2-3,12-15H2,1H3,(H,23,26). The van der Waals surface area contributed by atoms with E-state index in [2.05, 4.69) is 41.4 Å². The highest BCUT2D eigenvalue weighted by molar-refractivity contribution is 5.94. The van der Waals surface area contributed by atoms with E-state index in [0.717, 1.165) is 24.3 Å². The van der Waals surface area contributed by atoms with Gasteiger partial charge in [-0.15, -0.1) is 0 Å². The summed E-state index contributed by atoms with van der Waals surface area (Å²) in [6.45, 7) is 6.19. The van der Waals surface area contributed by atoms with E-state index in [4.69, 9.17) is 0 Å². The summed E-state index contributed by atoms with van der Waals surface area (Å²) < 4.78 is 0. The Hall–Kier alpha value is -2.46. The summed E-state index contributed by atoms with van der Waals surface area (Å²) in [5.74, 6) is 0.660. The van der Waals surface area contributed by atoms with Gasteiger partial charge in [-0.05, 0) is 48.6 Å². The zero-order valence-electron chi connectivity index (χ0n) is 15.3. The third-order valence-electron chi connectivity index (χ3n) is 4.93. The lowest BCUT2D eigenvalue weighted by molar-refractivity contribution is 0.0950. The van der Waals surface area contributed by atoms with E-state index < -0.39 is 0 Å². The van der Waals surface area contributed by atoms with Crippen molar-refractivity contribution in [2.24, 2.45) is 5.92 Å². The molecule has 1 aliphatic rings. The number of likely N-dealkylation sites (tertiary alicyclic amines) is 1. The lowest BCUT2D eigenvalue weighted by Crippen LogP contribution is -2.33. The molecule has 3 rings (SSSR count). The van der Waals surface area contributed by atoms with Crippen LogP contribution in [0.5, 0.6) is 0 Å². The largest absolute Gasteiger partial charge is 0.348 e. The molecule has 1 fully saturated rings. The third-order valence-corrected chi connectivity index (χ3v) is 4.93. The van der Waals surface area contributed by atoms with Crippen LogP contribution in [0.4, 0.5) is 0 Å². The summed E-state index contributed by atoms with van der Waals surface area (Å²) >= 11 is 0. The number of carbonyl (C=O) groups excluding carboxylic acids is 2. The molecule has 136 valence electrons. The summed E-state index contributed by atoms with van der Waals surface area (Å²) in [5.41, 5.74) is 3.53. The molecule has 1 atom stereocenters. The molecule has 0 aliphatic carbocycles. The van der Waals surface area contributed by atoms with Gasteiger partial charge in [-0.2, -0.15) is 0 Å². The van der Waals surface area contributed by atoms with E-state index in [1.807, 2.05) is 0 Å². The van der Waals surface area contributed by atoms with Gasteiger partial charge in [0.15, 0.2) is 0 Å². The minimum atomic E-state index is -0.131. The van der Waals surface area contributed by atoms with Gasteiger partial charge in [-0.25, -0.2) is 0 Å². The van der Waals surface area contributed by atoms with Gasteiger partial charge in [0.05, 0.1) is 0 Å². The van der Waals surface area contributed by atoms with Gasteiger partial charge in [0, 0.05) is 30.8 Å². The van der Waals surface area contributed by atoms with Gasteiger partial charge in [0.25, 0.3) is 5.91 Å². The number of carbonyl (C=O) groups is 2. The van der Waals surface area contributed by atoms with Gasteiger partial charge >= 0.3 is 0 Å². The highest BCUT2D eigenvalue weighted by Gasteiger charge is 2.16. The molecule has 1 unspecified atom stereocenters. The first-order valence-electron chi connectivity index (χ1n) is 9.27. The van der Waals surface area contributed by atoms with Crippen LogP contribution in [-0.2, 0) is 13.1 Å². The Morgan fingerprint density at radius 3 is 2.46 bits per heavy atom. The maximum atomic E-state index is 12.2. The van der Waals surface area contributed by atoms with Crippen molar-refractivity contribution in [3.8, 4) is 0 Å². The molecule has 0 spiro atoms. The highest BCUT2D eigenvalue weighted by atomic mass is 16.1.